The Kier molecular flexibility index (Phi) is 4.66. The number of carbonyl (C=O) groups excluding carboxylic acids is 1. The van der Waals surface area contributed by atoms with Crippen LogP contribution in [0.25, 0.3) is 10.8 Å². The van der Waals surface area contributed by atoms with Gasteiger partial charge in [0.1, 0.15) is 0 Å². The molecule has 7 heteroatoms. The van der Waals surface area contributed by atoms with E-state index < -0.39 is 11.0 Å². The number of fused-ring (bicyclic) bond motifs is 1. The zero-order chi connectivity index (χ0) is 17.6. The molecule has 0 atom stereocenters. The lowest BCUT2D eigenvalue weighted by Crippen LogP contribution is -2.24. The van der Waals surface area contributed by atoms with Gasteiger partial charge in [-0.05, 0) is 29.7 Å². The minimum atomic E-state index is -0.536. The predicted octanol–water partition coefficient (Wildman–Crippen LogP) is 3.90. The Morgan fingerprint density at radius 1 is 1.00 bits per heavy atom. The number of amides is 2. The predicted molar refractivity (Wildman–Crippen MR) is 96.8 cm³/mol. The summed E-state index contributed by atoms with van der Waals surface area (Å²) in [6.07, 6.45) is 1.26. The number of hydrogen-bond donors (Lipinski definition) is 2. The molecule has 2 N–H and O–H groups in total. The summed E-state index contributed by atoms with van der Waals surface area (Å²) in [5.41, 5.74) is 3.17. The molecule has 0 unspecified atom stereocenters. The third kappa shape index (κ3) is 3.78. The highest BCUT2D eigenvalue weighted by Crippen LogP contribution is 2.28. The molecule has 0 saturated heterocycles. The van der Waals surface area contributed by atoms with Crippen LogP contribution >= 0.6 is 0 Å². The summed E-state index contributed by atoms with van der Waals surface area (Å²) in [6, 6.07) is 18.7. The van der Waals surface area contributed by atoms with Crippen molar-refractivity contribution in [2.75, 3.05) is 5.32 Å². The second-order valence-corrected chi connectivity index (χ2v) is 5.17. The number of rotatable bonds is 4. The van der Waals surface area contributed by atoms with Crippen molar-refractivity contribution in [3.8, 4) is 0 Å². The van der Waals surface area contributed by atoms with Gasteiger partial charge in [0.2, 0.25) is 0 Å². The SMILES string of the molecule is O=C(N/N=C\c1ccc2ccccc2c1[N+](=O)[O-])Nc1ccccc1. The van der Waals surface area contributed by atoms with E-state index in [4.69, 9.17) is 0 Å². The number of benzene rings is 3. The van der Waals surface area contributed by atoms with Gasteiger partial charge < -0.3 is 5.32 Å². The molecule has 0 saturated carbocycles. The van der Waals surface area contributed by atoms with Crippen molar-refractivity contribution in [3.05, 3.63) is 82.4 Å². The molecular weight excluding hydrogens is 320 g/mol. The third-order valence-electron chi connectivity index (χ3n) is 3.52. The Morgan fingerprint density at radius 3 is 2.48 bits per heavy atom. The molecule has 124 valence electrons. The van der Waals surface area contributed by atoms with Gasteiger partial charge in [-0.3, -0.25) is 10.1 Å². The first kappa shape index (κ1) is 16.1. The van der Waals surface area contributed by atoms with Crippen LogP contribution in [0, 0.1) is 10.1 Å². The van der Waals surface area contributed by atoms with Gasteiger partial charge in [0.25, 0.3) is 5.69 Å². The quantitative estimate of drug-likeness (QED) is 0.430. The largest absolute Gasteiger partial charge is 0.339 e. The summed E-state index contributed by atoms with van der Waals surface area (Å²) in [5.74, 6) is 0. The number of urea groups is 1. The van der Waals surface area contributed by atoms with Gasteiger partial charge in [-0.1, -0.05) is 42.5 Å². The molecule has 0 fully saturated rings. The van der Waals surface area contributed by atoms with E-state index in [0.717, 1.165) is 5.39 Å². The number of anilines is 1. The third-order valence-corrected chi connectivity index (χ3v) is 3.52. The zero-order valence-electron chi connectivity index (χ0n) is 13.0. The number of nitro groups is 1. The summed E-state index contributed by atoms with van der Waals surface area (Å²) in [5, 5.41) is 19.1. The van der Waals surface area contributed by atoms with Crippen molar-refractivity contribution in [3.63, 3.8) is 0 Å². The fraction of sp³-hybridized carbons (Fsp3) is 0. The van der Waals surface area contributed by atoms with Crippen LogP contribution < -0.4 is 10.7 Å². The number of hydrazone groups is 1. The minimum absolute atomic E-state index is 0.0490. The topological polar surface area (TPSA) is 96.6 Å². The molecule has 2 amide bonds. The molecule has 0 aliphatic carbocycles. The van der Waals surface area contributed by atoms with Crippen LogP contribution in [-0.2, 0) is 0 Å². The van der Waals surface area contributed by atoms with Crippen molar-refractivity contribution in [1.29, 1.82) is 0 Å². The van der Waals surface area contributed by atoms with Crippen molar-refractivity contribution in [2.45, 2.75) is 0 Å². The van der Waals surface area contributed by atoms with Gasteiger partial charge in [-0.2, -0.15) is 5.10 Å². The van der Waals surface area contributed by atoms with E-state index in [2.05, 4.69) is 15.8 Å². The normalized spacial score (nSPS) is 10.7. The summed E-state index contributed by atoms with van der Waals surface area (Å²) in [7, 11) is 0. The number of nitrogens with zero attached hydrogens (tertiary/aromatic N) is 2. The number of carbonyl (C=O) groups is 1. The summed E-state index contributed by atoms with van der Waals surface area (Å²) in [6.45, 7) is 0. The molecular formula is C18H14N4O3. The van der Waals surface area contributed by atoms with E-state index in [1.54, 1.807) is 54.6 Å². The van der Waals surface area contributed by atoms with Crippen LogP contribution in [0.15, 0.2) is 71.8 Å². The van der Waals surface area contributed by atoms with Crippen LogP contribution in [0.1, 0.15) is 5.56 Å². The molecule has 0 bridgehead atoms. The number of hydrogen-bond acceptors (Lipinski definition) is 4. The van der Waals surface area contributed by atoms with Crippen molar-refractivity contribution in [1.82, 2.24) is 5.43 Å². The fourth-order valence-corrected chi connectivity index (χ4v) is 2.42. The maximum atomic E-state index is 11.8. The highest BCUT2D eigenvalue weighted by molar-refractivity contribution is 6.00. The Balaban J connectivity index is 1.78. The average molecular weight is 334 g/mol. The maximum absolute atomic E-state index is 11.8. The van der Waals surface area contributed by atoms with Gasteiger partial charge in [0.05, 0.1) is 22.1 Å². The molecule has 7 nitrogen and oxygen atoms in total. The van der Waals surface area contributed by atoms with Crippen LogP contribution in [0.5, 0.6) is 0 Å². The molecule has 3 aromatic rings. The molecule has 0 heterocycles. The second kappa shape index (κ2) is 7.22. The van der Waals surface area contributed by atoms with E-state index >= 15 is 0 Å². The molecule has 3 aromatic carbocycles. The molecule has 0 aliphatic heterocycles. The summed E-state index contributed by atoms with van der Waals surface area (Å²) < 4.78 is 0. The molecule has 0 spiro atoms. The van der Waals surface area contributed by atoms with Crippen LogP contribution in [-0.4, -0.2) is 17.2 Å². The average Bonchev–Trinajstić information content (AvgIpc) is 2.62. The Bertz CT molecular complexity index is 955. The molecule has 0 aromatic heterocycles. The lowest BCUT2D eigenvalue weighted by atomic mass is 10.0. The second-order valence-electron chi connectivity index (χ2n) is 5.17. The smallest absolute Gasteiger partial charge is 0.307 e. The lowest BCUT2D eigenvalue weighted by molar-refractivity contribution is -0.383. The van der Waals surface area contributed by atoms with Gasteiger partial charge in [0.15, 0.2) is 0 Å². The van der Waals surface area contributed by atoms with Gasteiger partial charge >= 0.3 is 6.03 Å². The number of nitro benzene ring substituents is 1. The van der Waals surface area contributed by atoms with Crippen molar-refractivity contribution >= 4 is 34.4 Å². The summed E-state index contributed by atoms with van der Waals surface area (Å²) in [4.78, 5) is 22.7. The lowest BCUT2D eigenvalue weighted by Gasteiger charge is -2.04. The number of para-hydroxylation sites is 1. The molecule has 3 rings (SSSR count). The highest BCUT2D eigenvalue weighted by atomic mass is 16.6. The van der Waals surface area contributed by atoms with E-state index in [-0.39, 0.29) is 5.69 Å². The fourth-order valence-electron chi connectivity index (χ4n) is 2.42. The van der Waals surface area contributed by atoms with E-state index in [1.807, 2.05) is 12.1 Å². The summed E-state index contributed by atoms with van der Waals surface area (Å²) >= 11 is 0. The van der Waals surface area contributed by atoms with Crippen LogP contribution in [0.3, 0.4) is 0 Å². The molecule has 0 aliphatic rings. The van der Waals surface area contributed by atoms with Crippen LogP contribution in [0.4, 0.5) is 16.2 Å². The maximum Gasteiger partial charge on any atom is 0.339 e. The van der Waals surface area contributed by atoms with Crippen molar-refractivity contribution < 1.29 is 9.72 Å². The van der Waals surface area contributed by atoms with Crippen molar-refractivity contribution in [2.24, 2.45) is 5.10 Å². The first-order chi connectivity index (χ1) is 12.1. The van der Waals surface area contributed by atoms with Gasteiger partial charge in [0, 0.05) is 5.69 Å². The van der Waals surface area contributed by atoms with Crippen LogP contribution in [0.2, 0.25) is 0 Å². The Morgan fingerprint density at radius 2 is 1.72 bits per heavy atom. The van der Waals surface area contributed by atoms with E-state index in [9.17, 15) is 14.9 Å². The first-order valence-electron chi connectivity index (χ1n) is 7.46. The zero-order valence-corrected chi connectivity index (χ0v) is 13.0. The molecule has 25 heavy (non-hydrogen) atoms. The van der Waals surface area contributed by atoms with E-state index in [1.165, 1.54) is 6.21 Å². The van der Waals surface area contributed by atoms with Gasteiger partial charge in [-0.15, -0.1) is 0 Å². The van der Waals surface area contributed by atoms with Gasteiger partial charge in [-0.25, -0.2) is 10.2 Å². The standard InChI is InChI=1S/C18H14N4O3/c23-18(20-15-7-2-1-3-8-15)21-19-12-14-11-10-13-6-4-5-9-16(13)17(14)22(24)25/h1-12H,(H2,20,21,23)/b19-12-. The Hall–Kier alpha value is -3.74. The first-order valence-corrected chi connectivity index (χ1v) is 7.46. The minimum Gasteiger partial charge on any atom is -0.307 e. The monoisotopic (exact) mass is 334 g/mol. The van der Waals surface area contributed by atoms with E-state index in [0.29, 0.717) is 16.6 Å². The molecule has 0 radical (unpaired) electrons. The Labute approximate surface area is 143 Å². The highest BCUT2D eigenvalue weighted by Gasteiger charge is 2.16. The number of nitrogens with one attached hydrogen (secondary N) is 2.